The summed E-state index contributed by atoms with van der Waals surface area (Å²) in [7, 11) is 0. The molecule has 0 aliphatic heterocycles. The van der Waals surface area contributed by atoms with Crippen molar-refractivity contribution in [2.75, 3.05) is 12.3 Å². The van der Waals surface area contributed by atoms with E-state index in [-0.39, 0.29) is 5.91 Å². The molecule has 1 aliphatic carbocycles. The van der Waals surface area contributed by atoms with E-state index < -0.39 is 0 Å². The Morgan fingerprint density at radius 2 is 2.25 bits per heavy atom. The molecule has 0 unspecified atom stereocenters. The average Bonchev–Trinajstić information content (AvgIpc) is 3.01. The summed E-state index contributed by atoms with van der Waals surface area (Å²) in [6.45, 7) is 2.46. The molecule has 1 aromatic rings. The minimum Gasteiger partial charge on any atom is -0.494 e. The molecule has 0 heterocycles. The SMILES string of the molecule is CCOc1cc(N)cc(C(=O)NC2CC2)c1. The standard InChI is InChI=1S/C12H16N2O2/c1-2-16-11-6-8(5-9(13)7-11)12(15)14-10-3-4-10/h5-7,10H,2-4,13H2,1H3,(H,14,15). The number of nitrogen functional groups attached to an aromatic ring is 1. The van der Waals surface area contributed by atoms with E-state index >= 15 is 0 Å². The van der Waals surface area contributed by atoms with Crippen LogP contribution in [0.1, 0.15) is 30.1 Å². The van der Waals surface area contributed by atoms with E-state index in [1.807, 2.05) is 6.92 Å². The minimum absolute atomic E-state index is 0.0734. The third-order valence-corrected chi connectivity index (χ3v) is 2.41. The van der Waals surface area contributed by atoms with E-state index in [2.05, 4.69) is 5.32 Å². The van der Waals surface area contributed by atoms with Gasteiger partial charge in [-0.2, -0.15) is 0 Å². The first kappa shape index (κ1) is 10.8. The summed E-state index contributed by atoms with van der Waals surface area (Å²) in [5.74, 6) is 0.569. The number of hydrogen-bond donors (Lipinski definition) is 2. The molecule has 1 aliphatic rings. The molecule has 1 amide bonds. The summed E-state index contributed by atoms with van der Waals surface area (Å²) >= 11 is 0. The lowest BCUT2D eigenvalue weighted by Gasteiger charge is -2.08. The third-order valence-electron chi connectivity index (χ3n) is 2.41. The van der Waals surface area contributed by atoms with E-state index in [9.17, 15) is 4.79 Å². The lowest BCUT2D eigenvalue weighted by atomic mass is 10.1. The van der Waals surface area contributed by atoms with Crippen LogP contribution in [0.2, 0.25) is 0 Å². The zero-order chi connectivity index (χ0) is 11.5. The van der Waals surface area contributed by atoms with Crippen LogP contribution in [0, 0.1) is 0 Å². The molecular weight excluding hydrogens is 204 g/mol. The van der Waals surface area contributed by atoms with E-state index in [0.29, 0.717) is 29.6 Å². The molecule has 16 heavy (non-hydrogen) atoms. The Morgan fingerprint density at radius 1 is 1.50 bits per heavy atom. The van der Waals surface area contributed by atoms with Crippen molar-refractivity contribution in [1.82, 2.24) is 5.32 Å². The van der Waals surface area contributed by atoms with Gasteiger partial charge in [-0.1, -0.05) is 0 Å². The van der Waals surface area contributed by atoms with Gasteiger partial charge in [0.05, 0.1) is 6.61 Å². The van der Waals surface area contributed by atoms with Crippen molar-refractivity contribution < 1.29 is 9.53 Å². The highest BCUT2D eigenvalue weighted by Gasteiger charge is 2.24. The summed E-state index contributed by atoms with van der Waals surface area (Å²) < 4.78 is 5.34. The molecule has 0 aromatic heterocycles. The van der Waals surface area contributed by atoms with Crippen LogP contribution in [0.15, 0.2) is 18.2 Å². The maximum absolute atomic E-state index is 11.8. The number of hydrogen-bond acceptors (Lipinski definition) is 3. The second-order valence-corrected chi connectivity index (χ2v) is 3.97. The number of amides is 1. The number of ether oxygens (including phenoxy) is 1. The number of anilines is 1. The molecule has 3 N–H and O–H groups in total. The monoisotopic (exact) mass is 220 g/mol. The lowest BCUT2D eigenvalue weighted by Crippen LogP contribution is -2.25. The molecule has 1 saturated carbocycles. The summed E-state index contributed by atoms with van der Waals surface area (Å²) in [6.07, 6.45) is 2.15. The van der Waals surface area contributed by atoms with Gasteiger partial charge in [0.25, 0.3) is 5.91 Å². The van der Waals surface area contributed by atoms with Gasteiger partial charge in [-0.25, -0.2) is 0 Å². The van der Waals surface area contributed by atoms with Crippen LogP contribution < -0.4 is 15.8 Å². The molecule has 0 bridgehead atoms. The van der Waals surface area contributed by atoms with E-state index in [1.54, 1.807) is 18.2 Å². The highest BCUT2D eigenvalue weighted by molar-refractivity contribution is 5.95. The molecule has 0 spiro atoms. The van der Waals surface area contributed by atoms with Crippen LogP contribution in [0.4, 0.5) is 5.69 Å². The number of carbonyl (C=O) groups is 1. The molecule has 0 radical (unpaired) electrons. The van der Waals surface area contributed by atoms with Crippen molar-refractivity contribution in [3.63, 3.8) is 0 Å². The average molecular weight is 220 g/mol. The van der Waals surface area contributed by atoms with Gasteiger partial charge in [-0.15, -0.1) is 0 Å². The molecule has 4 nitrogen and oxygen atoms in total. The van der Waals surface area contributed by atoms with Gasteiger partial charge in [0, 0.05) is 23.4 Å². The number of carbonyl (C=O) groups excluding carboxylic acids is 1. The van der Waals surface area contributed by atoms with Gasteiger partial charge in [0.2, 0.25) is 0 Å². The molecule has 86 valence electrons. The molecule has 1 aromatic carbocycles. The van der Waals surface area contributed by atoms with E-state index in [1.165, 1.54) is 0 Å². The molecule has 1 fully saturated rings. The highest BCUT2D eigenvalue weighted by Crippen LogP contribution is 2.22. The fourth-order valence-electron chi connectivity index (χ4n) is 1.50. The van der Waals surface area contributed by atoms with Gasteiger partial charge in [-0.05, 0) is 31.9 Å². The number of rotatable bonds is 4. The van der Waals surface area contributed by atoms with Crippen LogP contribution in [0.3, 0.4) is 0 Å². The maximum Gasteiger partial charge on any atom is 0.251 e. The predicted octanol–water partition coefficient (Wildman–Crippen LogP) is 1.56. The molecule has 0 atom stereocenters. The Labute approximate surface area is 94.8 Å². The van der Waals surface area contributed by atoms with Crippen LogP contribution >= 0.6 is 0 Å². The third kappa shape index (κ3) is 2.66. The zero-order valence-corrected chi connectivity index (χ0v) is 9.32. The number of nitrogens with one attached hydrogen (secondary N) is 1. The molecular formula is C12H16N2O2. The smallest absolute Gasteiger partial charge is 0.251 e. The largest absolute Gasteiger partial charge is 0.494 e. The number of nitrogens with two attached hydrogens (primary N) is 1. The van der Waals surface area contributed by atoms with Crippen LogP contribution in [-0.4, -0.2) is 18.6 Å². The number of benzene rings is 1. The Morgan fingerprint density at radius 3 is 2.88 bits per heavy atom. The second kappa shape index (κ2) is 4.43. The van der Waals surface area contributed by atoms with Crippen molar-refractivity contribution in [3.8, 4) is 5.75 Å². The van der Waals surface area contributed by atoms with Gasteiger partial charge < -0.3 is 15.8 Å². The quantitative estimate of drug-likeness (QED) is 0.757. The minimum atomic E-state index is -0.0734. The van der Waals surface area contributed by atoms with E-state index in [0.717, 1.165) is 12.8 Å². The highest BCUT2D eigenvalue weighted by atomic mass is 16.5. The summed E-state index contributed by atoms with van der Waals surface area (Å²) in [5, 5.41) is 2.92. The summed E-state index contributed by atoms with van der Waals surface area (Å²) in [6, 6.07) is 5.46. The first-order valence-electron chi connectivity index (χ1n) is 5.53. The first-order chi connectivity index (χ1) is 7.69. The van der Waals surface area contributed by atoms with Crippen LogP contribution in [0.5, 0.6) is 5.75 Å². The van der Waals surface area contributed by atoms with Crippen LogP contribution in [0.25, 0.3) is 0 Å². The van der Waals surface area contributed by atoms with Crippen molar-refractivity contribution >= 4 is 11.6 Å². The van der Waals surface area contributed by atoms with Crippen molar-refractivity contribution in [2.45, 2.75) is 25.8 Å². The van der Waals surface area contributed by atoms with E-state index in [4.69, 9.17) is 10.5 Å². The summed E-state index contributed by atoms with van der Waals surface area (Å²) in [5.41, 5.74) is 6.83. The second-order valence-electron chi connectivity index (χ2n) is 3.97. The predicted molar refractivity (Wildman–Crippen MR) is 62.5 cm³/mol. The topological polar surface area (TPSA) is 64.3 Å². The normalized spacial score (nSPS) is 14.6. The van der Waals surface area contributed by atoms with Crippen LogP contribution in [-0.2, 0) is 0 Å². The molecule has 0 saturated heterocycles. The Hall–Kier alpha value is -1.71. The van der Waals surface area contributed by atoms with Gasteiger partial charge in [-0.3, -0.25) is 4.79 Å². The van der Waals surface area contributed by atoms with Crippen molar-refractivity contribution in [2.24, 2.45) is 0 Å². The maximum atomic E-state index is 11.8. The van der Waals surface area contributed by atoms with Crippen molar-refractivity contribution in [3.05, 3.63) is 23.8 Å². The molecule has 2 rings (SSSR count). The van der Waals surface area contributed by atoms with Crippen molar-refractivity contribution in [1.29, 1.82) is 0 Å². The molecule has 4 heteroatoms. The Kier molecular flexibility index (Phi) is 2.99. The van der Waals surface area contributed by atoms with Gasteiger partial charge >= 0.3 is 0 Å². The first-order valence-corrected chi connectivity index (χ1v) is 5.53. The Bertz CT molecular complexity index is 400. The summed E-state index contributed by atoms with van der Waals surface area (Å²) in [4.78, 5) is 11.8. The fourth-order valence-corrected chi connectivity index (χ4v) is 1.50. The van der Waals surface area contributed by atoms with Gasteiger partial charge in [0.15, 0.2) is 0 Å². The van der Waals surface area contributed by atoms with Gasteiger partial charge in [0.1, 0.15) is 5.75 Å². The lowest BCUT2D eigenvalue weighted by molar-refractivity contribution is 0.0950. The zero-order valence-electron chi connectivity index (χ0n) is 9.32. The fraction of sp³-hybridized carbons (Fsp3) is 0.417. The Balaban J connectivity index is 2.14.